The summed E-state index contributed by atoms with van der Waals surface area (Å²) in [6.45, 7) is 2.90. The molecule has 1 heterocycles. The molecule has 3 nitrogen and oxygen atoms in total. The Kier molecular flexibility index (Phi) is 3.06. The zero-order chi connectivity index (χ0) is 12.5. The number of phenols is 1. The number of phenolic OH excluding ortho intramolecular Hbond substituents is 1. The maximum Gasteiger partial charge on any atom is 0.119 e. The van der Waals surface area contributed by atoms with Crippen LogP contribution in [0.3, 0.4) is 0 Å². The Morgan fingerprint density at radius 1 is 1.50 bits per heavy atom. The van der Waals surface area contributed by atoms with Crippen molar-refractivity contribution < 1.29 is 5.11 Å². The first-order valence-electron chi connectivity index (χ1n) is 6.19. The van der Waals surface area contributed by atoms with E-state index < -0.39 is 0 Å². The van der Waals surface area contributed by atoms with Gasteiger partial charge in [0.05, 0.1) is 11.2 Å². The number of fused-ring (bicyclic) bond motifs is 1. The molecule has 0 saturated heterocycles. The van der Waals surface area contributed by atoms with Crippen LogP contribution in [0.4, 0.5) is 0 Å². The van der Waals surface area contributed by atoms with Crippen molar-refractivity contribution in [1.29, 1.82) is 0 Å². The van der Waals surface area contributed by atoms with Crippen molar-refractivity contribution in [2.75, 3.05) is 0 Å². The van der Waals surface area contributed by atoms with Crippen molar-refractivity contribution in [3.63, 3.8) is 0 Å². The van der Waals surface area contributed by atoms with Gasteiger partial charge in [-0.1, -0.05) is 12.1 Å². The van der Waals surface area contributed by atoms with Crippen LogP contribution in [-0.2, 0) is 13.0 Å². The van der Waals surface area contributed by atoms with Crippen LogP contribution < -0.4 is 5.32 Å². The van der Waals surface area contributed by atoms with Crippen LogP contribution in [0.5, 0.6) is 5.75 Å². The Morgan fingerprint density at radius 2 is 2.39 bits per heavy atom. The minimum Gasteiger partial charge on any atom is -0.508 e. The third kappa shape index (κ3) is 2.02. The third-order valence-electron chi connectivity index (χ3n) is 3.60. The lowest BCUT2D eigenvalue weighted by molar-refractivity contribution is 0.469. The Bertz CT molecular complexity index is 565. The second kappa shape index (κ2) is 4.71. The van der Waals surface area contributed by atoms with Gasteiger partial charge in [-0.05, 0) is 37.0 Å². The fourth-order valence-corrected chi connectivity index (χ4v) is 3.29. The van der Waals surface area contributed by atoms with Crippen molar-refractivity contribution in [1.82, 2.24) is 10.3 Å². The lowest BCUT2D eigenvalue weighted by Crippen LogP contribution is -2.18. The molecular weight excluding hydrogens is 244 g/mol. The quantitative estimate of drug-likeness (QED) is 0.892. The van der Waals surface area contributed by atoms with Gasteiger partial charge in [0.1, 0.15) is 5.75 Å². The number of hydrogen-bond donors (Lipinski definition) is 2. The van der Waals surface area contributed by atoms with E-state index >= 15 is 0 Å². The molecule has 0 saturated carbocycles. The maximum atomic E-state index is 9.81. The molecule has 0 bridgehead atoms. The Hall–Kier alpha value is -1.39. The summed E-state index contributed by atoms with van der Waals surface area (Å²) >= 11 is 1.69. The summed E-state index contributed by atoms with van der Waals surface area (Å²) in [5.74, 6) is 0.436. The number of rotatable bonds is 3. The SMILES string of the molecule is Cc1ncsc1CNC1CCc2c(O)cccc21. The van der Waals surface area contributed by atoms with Gasteiger partial charge in [-0.3, -0.25) is 0 Å². The highest BCUT2D eigenvalue weighted by Crippen LogP contribution is 2.36. The van der Waals surface area contributed by atoms with E-state index in [1.54, 1.807) is 17.4 Å². The van der Waals surface area contributed by atoms with E-state index in [4.69, 9.17) is 0 Å². The van der Waals surface area contributed by atoms with Crippen LogP contribution in [0.15, 0.2) is 23.7 Å². The van der Waals surface area contributed by atoms with Gasteiger partial charge in [-0.15, -0.1) is 11.3 Å². The first kappa shape index (κ1) is 11.7. The van der Waals surface area contributed by atoms with Crippen LogP contribution in [0.2, 0.25) is 0 Å². The molecule has 2 aromatic rings. The standard InChI is InChI=1S/C14H16N2OS/c1-9-14(18-8-16-9)7-15-12-6-5-11-10(12)3-2-4-13(11)17/h2-4,8,12,15,17H,5-7H2,1H3. The second-order valence-electron chi connectivity index (χ2n) is 4.68. The largest absolute Gasteiger partial charge is 0.508 e. The minimum atomic E-state index is 0.355. The fourth-order valence-electron chi connectivity index (χ4n) is 2.56. The summed E-state index contributed by atoms with van der Waals surface area (Å²) in [7, 11) is 0. The van der Waals surface area contributed by atoms with Crippen LogP contribution in [0.1, 0.15) is 34.2 Å². The van der Waals surface area contributed by atoms with Gasteiger partial charge < -0.3 is 10.4 Å². The number of thiazole rings is 1. The first-order valence-corrected chi connectivity index (χ1v) is 7.07. The molecule has 0 spiro atoms. The van der Waals surface area contributed by atoms with Crippen LogP contribution in [0.25, 0.3) is 0 Å². The third-order valence-corrected chi connectivity index (χ3v) is 4.53. The highest BCUT2D eigenvalue weighted by atomic mass is 32.1. The van der Waals surface area contributed by atoms with Crippen LogP contribution in [-0.4, -0.2) is 10.1 Å². The Morgan fingerprint density at radius 3 is 3.17 bits per heavy atom. The highest BCUT2D eigenvalue weighted by molar-refractivity contribution is 7.09. The normalized spacial score (nSPS) is 17.9. The van der Waals surface area contributed by atoms with Crippen LogP contribution >= 0.6 is 11.3 Å². The molecule has 0 fully saturated rings. The lowest BCUT2D eigenvalue weighted by Gasteiger charge is -2.13. The highest BCUT2D eigenvalue weighted by Gasteiger charge is 2.24. The summed E-state index contributed by atoms with van der Waals surface area (Å²) in [5, 5.41) is 13.4. The molecule has 0 amide bonds. The molecule has 0 aliphatic heterocycles. The number of nitrogens with zero attached hydrogens (tertiary/aromatic N) is 1. The average Bonchev–Trinajstić information content (AvgIpc) is 2.94. The molecule has 1 aliphatic rings. The van der Waals surface area contributed by atoms with Gasteiger partial charge >= 0.3 is 0 Å². The van der Waals surface area contributed by atoms with Crippen molar-refractivity contribution in [3.05, 3.63) is 45.4 Å². The van der Waals surface area contributed by atoms with Crippen molar-refractivity contribution >= 4 is 11.3 Å². The van der Waals surface area contributed by atoms with Crippen molar-refractivity contribution in [2.45, 2.75) is 32.4 Å². The molecular formula is C14H16N2OS. The van der Waals surface area contributed by atoms with Gasteiger partial charge in [0, 0.05) is 17.5 Å². The molecule has 4 heteroatoms. The molecule has 1 aromatic heterocycles. The van der Waals surface area contributed by atoms with E-state index in [-0.39, 0.29) is 0 Å². The fraction of sp³-hybridized carbons (Fsp3) is 0.357. The van der Waals surface area contributed by atoms with Gasteiger partial charge in [0.15, 0.2) is 0 Å². The molecule has 0 radical (unpaired) electrons. The van der Waals surface area contributed by atoms with Gasteiger partial charge in [-0.25, -0.2) is 4.98 Å². The summed E-state index contributed by atoms with van der Waals surface area (Å²) in [6.07, 6.45) is 2.02. The Labute approximate surface area is 111 Å². The molecule has 1 aromatic carbocycles. The molecule has 1 unspecified atom stereocenters. The number of aromatic hydroxyl groups is 1. The molecule has 94 valence electrons. The monoisotopic (exact) mass is 260 g/mol. The van der Waals surface area contributed by atoms with E-state index in [0.29, 0.717) is 11.8 Å². The smallest absolute Gasteiger partial charge is 0.119 e. The zero-order valence-electron chi connectivity index (χ0n) is 10.3. The van der Waals surface area contributed by atoms with E-state index in [2.05, 4.69) is 16.4 Å². The molecule has 2 N–H and O–H groups in total. The summed E-state index contributed by atoms with van der Waals surface area (Å²) in [6, 6.07) is 6.16. The van der Waals surface area contributed by atoms with E-state index in [1.165, 1.54) is 10.4 Å². The summed E-state index contributed by atoms with van der Waals surface area (Å²) in [4.78, 5) is 5.55. The zero-order valence-corrected chi connectivity index (χ0v) is 11.1. The lowest BCUT2D eigenvalue weighted by atomic mass is 10.1. The topological polar surface area (TPSA) is 45.2 Å². The summed E-state index contributed by atoms with van der Waals surface area (Å²) in [5.41, 5.74) is 5.36. The molecule has 3 rings (SSSR count). The van der Waals surface area contributed by atoms with Gasteiger partial charge in [0.25, 0.3) is 0 Å². The minimum absolute atomic E-state index is 0.355. The molecule has 1 atom stereocenters. The number of benzene rings is 1. The van der Waals surface area contributed by atoms with Gasteiger partial charge in [-0.2, -0.15) is 0 Å². The number of hydrogen-bond acceptors (Lipinski definition) is 4. The Balaban J connectivity index is 1.74. The van der Waals surface area contributed by atoms with E-state index in [1.807, 2.05) is 18.5 Å². The number of nitrogens with one attached hydrogen (secondary N) is 1. The second-order valence-corrected chi connectivity index (χ2v) is 5.62. The number of aromatic nitrogens is 1. The van der Waals surface area contributed by atoms with Crippen molar-refractivity contribution in [3.8, 4) is 5.75 Å². The molecule has 1 aliphatic carbocycles. The molecule has 18 heavy (non-hydrogen) atoms. The average molecular weight is 260 g/mol. The van der Waals surface area contributed by atoms with Gasteiger partial charge in [0.2, 0.25) is 0 Å². The predicted molar refractivity (Wildman–Crippen MR) is 72.9 cm³/mol. The number of aryl methyl sites for hydroxylation is 1. The maximum absolute atomic E-state index is 9.81. The first-order chi connectivity index (χ1) is 8.75. The van der Waals surface area contributed by atoms with E-state index in [0.717, 1.165) is 30.6 Å². The summed E-state index contributed by atoms with van der Waals surface area (Å²) < 4.78 is 0. The predicted octanol–water partition coefficient (Wildman–Crippen LogP) is 2.93. The van der Waals surface area contributed by atoms with E-state index in [9.17, 15) is 5.11 Å². The van der Waals surface area contributed by atoms with Crippen molar-refractivity contribution in [2.24, 2.45) is 0 Å². The van der Waals surface area contributed by atoms with Crippen LogP contribution in [0, 0.1) is 6.92 Å².